The van der Waals surface area contributed by atoms with Gasteiger partial charge in [0.15, 0.2) is 5.82 Å². The van der Waals surface area contributed by atoms with Crippen molar-refractivity contribution in [3.63, 3.8) is 0 Å². The van der Waals surface area contributed by atoms with Crippen LogP contribution in [0.25, 0.3) is 11.4 Å². The predicted octanol–water partition coefficient (Wildman–Crippen LogP) is 3.40. The Morgan fingerprint density at radius 3 is 2.83 bits per heavy atom. The maximum absolute atomic E-state index is 5.90. The quantitative estimate of drug-likeness (QED) is 0.913. The molecule has 2 aromatic rings. The van der Waals surface area contributed by atoms with Gasteiger partial charge in [0, 0.05) is 35.8 Å². The van der Waals surface area contributed by atoms with E-state index in [-0.39, 0.29) is 0 Å². The van der Waals surface area contributed by atoms with Gasteiger partial charge in [-0.3, -0.25) is 4.98 Å². The standard InChI is InChI=1S/C19H24N4O/c1-2-15(17-7-4-12-24-17)21-19-14-5-3-6-16(14)22-18(23-19)13-8-10-20-11-9-13/h8-11,15,17H,2-7,12H2,1H3,(H,21,22,23). The Morgan fingerprint density at radius 1 is 1.21 bits per heavy atom. The molecule has 0 saturated carbocycles. The minimum atomic E-state index is 0.298. The third-order valence-corrected chi connectivity index (χ3v) is 5.05. The molecule has 0 spiro atoms. The zero-order valence-corrected chi connectivity index (χ0v) is 14.2. The van der Waals surface area contributed by atoms with Crippen molar-refractivity contribution in [2.75, 3.05) is 11.9 Å². The molecular formula is C19H24N4O. The molecule has 1 aliphatic heterocycles. The molecule has 2 atom stereocenters. The van der Waals surface area contributed by atoms with Gasteiger partial charge in [0.25, 0.3) is 0 Å². The maximum atomic E-state index is 5.90. The van der Waals surface area contributed by atoms with Crippen LogP contribution in [-0.4, -0.2) is 33.7 Å². The summed E-state index contributed by atoms with van der Waals surface area (Å²) in [5, 5.41) is 3.69. The highest BCUT2D eigenvalue weighted by Crippen LogP contribution is 2.31. The van der Waals surface area contributed by atoms with E-state index in [2.05, 4.69) is 17.2 Å². The normalized spacial score (nSPS) is 20.8. The van der Waals surface area contributed by atoms with Crippen LogP contribution in [0.5, 0.6) is 0 Å². The number of aromatic nitrogens is 3. The summed E-state index contributed by atoms with van der Waals surface area (Å²) in [6, 6.07) is 4.26. The maximum Gasteiger partial charge on any atom is 0.161 e. The number of hydrogen-bond acceptors (Lipinski definition) is 5. The number of ether oxygens (including phenoxy) is 1. The van der Waals surface area contributed by atoms with Crippen molar-refractivity contribution in [1.82, 2.24) is 15.0 Å². The lowest BCUT2D eigenvalue weighted by Gasteiger charge is -2.25. The second kappa shape index (κ2) is 6.85. The van der Waals surface area contributed by atoms with E-state index < -0.39 is 0 Å². The van der Waals surface area contributed by atoms with Crippen molar-refractivity contribution >= 4 is 5.82 Å². The molecule has 2 unspecified atom stereocenters. The molecule has 24 heavy (non-hydrogen) atoms. The number of rotatable bonds is 5. The zero-order valence-electron chi connectivity index (χ0n) is 14.2. The molecule has 2 aromatic heterocycles. The van der Waals surface area contributed by atoms with Crippen molar-refractivity contribution in [1.29, 1.82) is 0 Å². The lowest BCUT2D eigenvalue weighted by molar-refractivity contribution is 0.0942. The van der Waals surface area contributed by atoms with Crippen molar-refractivity contribution in [3.8, 4) is 11.4 Å². The molecule has 1 saturated heterocycles. The molecule has 0 amide bonds. The van der Waals surface area contributed by atoms with E-state index in [0.717, 1.165) is 62.3 Å². The average molecular weight is 324 g/mol. The Hall–Kier alpha value is -2.01. The molecule has 0 aromatic carbocycles. The van der Waals surface area contributed by atoms with E-state index in [1.807, 2.05) is 12.1 Å². The summed E-state index contributed by atoms with van der Waals surface area (Å²) in [5.74, 6) is 1.80. The van der Waals surface area contributed by atoms with Crippen LogP contribution < -0.4 is 5.32 Å². The summed E-state index contributed by atoms with van der Waals surface area (Å²) >= 11 is 0. The van der Waals surface area contributed by atoms with E-state index >= 15 is 0 Å². The summed E-state index contributed by atoms with van der Waals surface area (Å²) in [6.45, 7) is 3.09. The van der Waals surface area contributed by atoms with Gasteiger partial charge in [-0.2, -0.15) is 0 Å². The minimum Gasteiger partial charge on any atom is -0.376 e. The first kappa shape index (κ1) is 15.5. The third-order valence-electron chi connectivity index (χ3n) is 5.05. The number of aryl methyl sites for hydroxylation is 1. The monoisotopic (exact) mass is 324 g/mol. The molecule has 3 heterocycles. The van der Waals surface area contributed by atoms with Crippen molar-refractivity contribution in [2.24, 2.45) is 0 Å². The van der Waals surface area contributed by atoms with Crippen LogP contribution in [0, 0.1) is 0 Å². The Kier molecular flexibility index (Phi) is 4.43. The second-order valence-electron chi connectivity index (χ2n) is 6.62. The lowest BCUT2D eigenvalue weighted by atomic mass is 10.0. The Balaban J connectivity index is 1.67. The zero-order chi connectivity index (χ0) is 16.4. The van der Waals surface area contributed by atoms with Crippen LogP contribution in [0.4, 0.5) is 5.82 Å². The Labute approximate surface area is 142 Å². The molecule has 4 rings (SSSR count). The van der Waals surface area contributed by atoms with Gasteiger partial charge in [-0.15, -0.1) is 0 Å². The van der Waals surface area contributed by atoms with Gasteiger partial charge < -0.3 is 10.1 Å². The molecule has 1 aliphatic carbocycles. The highest BCUT2D eigenvalue weighted by Gasteiger charge is 2.27. The summed E-state index contributed by atoms with van der Waals surface area (Å²) < 4.78 is 5.90. The van der Waals surface area contributed by atoms with Gasteiger partial charge >= 0.3 is 0 Å². The molecule has 5 nitrogen and oxygen atoms in total. The minimum absolute atomic E-state index is 0.298. The first-order valence-electron chi connectivity index (χ1n) is 9.03. The van der Waals surface area contributed by atoms with E-state index in [0.29, 0.717) is 12.1 Å². The lowest BCUT2D eigenvalue weighted by Crippen LogP contribution is -2.33. The largest absolute Gasteiger partial charge is 0.376 e. The summed E-state index contributed by atoms with van der Waals surface area (Å²) in [4.78, 5) is 13.8. The highest BCUT2D eigenvalue weighted by atomic mass is 16.5. The smallest absolute Gasteiger partial charge is 0.161 e. The highest BCUT2D eigenvalue weighted by molar-refractivity contribution is 5.60. The van der Waals surface area contributed by atoms with Crippen LogP contribution in [-0.2, 0) is 17.6 Å². The molecule has 126 valence electrons. The second-order valence-corrected chi connectivity index (χ2v) is 6.62. The first-order chi connectivity index (χ1) is 11.8. The van der Waals surface area contributed by atoms with E-state index in [9.17, 15) is 0 Å². The van der Waals surface area contributed by atoms with Crippen LogP contribution in [0.15, 0.2) is 24.5 Å². The molecule has 1 fully saturated rings. The van der Waals surface area contributed by atoms with Gasteiger partial charge in [-0.25, -0.2) is 9.97 Å². The van der Waals surface area contributed by atoms with E-state index in [1.54, 1.807) is 12.4 Å². The van der Waals surface area contributed by atoms with Crippen molar-refractivity contribution in [3.05, 3.63) is 35.8 Å². The van der Waals surface area contributed by atoms with Gasteiger partial charge in [0.05, 0.1) is 12.1 Å². The predicted molar refractivity (Wildman–Crippen MR) is 94.0 cm³/mol. The Morgan fingerprint density at radius 2 is 2.08 bits per heavy atom. The topological polar surface area (TPSA) is 59.9 Å². The van der Waals surface area contributed by atoms with Crippen LogP contribution in [0.1, 0.15) is 43.9 Å². The summed E-state index contributed by atoms with van der Waals surface area (Å²) in [6.07, 6.45) is 10.5. The third kappa shape index (κ3) is 3.00. The first-order valence-corrected chi connectivity index (χ1v) is 9.03. The van der Waals surface area contributed by atoms with Crippen LogP contribution >= 0.6 is 0 Å². The fraction of sp³-hybridized carbons (Fsp3) is 0.526. The van der Waals surface area contributed by atoms with Gasteiger partial charge in [0.1, 0.15) is 5.82 Å². The summed E-state index contributed by atoms with van der Waals surface area (Å²) in [5.41, 5.74) is 3.51. The fourth-order valence-corrected chi connectivity index (χ4v) is 3.74. The van der Waals surface area contributed by atoms with Gasteiger partial charge in [-0.05, 0) is 50.7 Å². The fourth-order valence-electron chi connectivity index (χ4n) is 3.74. The van der Waals surface area contributed by atoms with Gasteiger partial charge in [0.2, 0.25) is 0 Å². The van der Waals surface area contributed by atoms with E-state index in [1.165, 1.54) is 11.3 Å². The number of anilines is 1. The van der Waals surface area contributed by atoms with Gasteiger partial charge in [-0.1, -0.05) is 6.92 Å². The molecule has 5 heteroatoms. The molecule has 0 radical (unpaired) electrons. The number of nitrogens with one attached hydrogen (secondary N) is 1. The van der Waals surface area contributed by atoms with Crippen molar-refractivity contribution in [2.45, 2.75) is 57.6 Å². The number of fused-ring (bicyclic) bond motifs is 1. The van der Waals surface area contributed by atoms with Crippen LogP contribution in [0.3, 0.4) is 0 Å². The van der Waals surface area contributed by atoms with E-state index in [4.69, 9.17) is 14.7 Å². The summed E-state index contributed by atoms with van der Waals surface area (Å²) in [7, 11) is 0. The molecule has 0 bridgehead atoms. The van der Waals surface area contributed by atoms with Crippen LogP contribution in [0.2, 0.25) is 0 Å². The molecule has 1 N–H and O–H groups in total. The molecule has 2 aliphatic rings. The number of hydrogen-bond donors (Lipinski definition) is 1. The number of nitrogens with zero attached hydrogens (tertiary/aromatic N) is 3. The molecular weight excluding hydrogens is 300 g/mol. The van der Waals surface area contributed by atoms with Crippen molar-refractivity contribution < 1.29 is 4.74 Å². The number of pyridine rings is 1. The average Bonchev–Trinajstić information content (AvgIpc) is 3.31. The Bertz CT molecular complexity index is 698. The SMILES string of the molecule is CCC(Nc1nc(-c2ccncc2)nc2c1CCC2)C1CCCO1.